The van der Waals surface area contributed by atoms with Crippen LogP contribution in [0, 0.1) is 6.92 Å². The fourth-order valence-corrected chi connectivity index (χ4v) is 1.81. The molecule has 2 aromatic rings. The van der Waals surface area contributed by atoms with Gasteiger partial charge in [0, 0.05) is 0 Å². The maximum Gasteiger partial charge on any atom is 0.309 e. The van der Waals surface area contributed by atoms with Crippen LogP contribution in [0.3, 0.4) is 0 Å². The molecule has 2 aromatic heterocycles. The standard InChI is InChI=1S/C7H8N4O3S/c1-5-4-14-7(9-5)11-15(12,13)6-2-3-8-10-6/h2-4H,1H3,(H,8,10)(H,9,11). The lowest BCUT2D eigenvalue weighted by molar-refractivity contribution is 0.568. The molecule has 15 heavy (non-hydrogen) atoms. The summed E-state index contributed by atoms with van der Waals surface area (Å²) in [5, 5.41) is 5.83. The molecule has 0 radical (unpaired) electrons. The number of nitrogens with zero attached hydrogens (tertiary/aromatic N) is 2. The Morgan fingerprint density at radius 2 is 2.33 bits per heavy atom. The van der Waals surface area contributed by atoms with E-state index in [1.54, 1.807) is 6.92 Å². The first-order valence-corrected chi connectivity index (χ1v) is 5.50. The lowest BCUT2D eigenvalue weighted by Gasteiger charge is -1.99. The van der Waals surface area contributed by atoms with E-state index in [2.05, 4.69) is 19.9 Å². The number of aromatic amines is 1. The van der Waals surface area contributed by atoms with Crippen molar-refractivity contribution < 1.29 is 12.8 Å². The first kappa shape index (κ1) is 9.71. The fraction of sp³-hybridized carbons (Fsp3) is 0.143. The van der Waals surface area contributed by atoms with Crippen molar-refractivity contribution in [2.24, 2.45) is 0 Å². The van der Waals surface area contributed by atoms with Crippen LogP contribution in [0.25, 0.3) is 0 Å². The van der Waals surface area contributed by atoms with Crippen molar-refractivity contribution in [2.75, 3.05) is 4.72 Å². The Hall–Kier alpha value is -1.83. The Labute approximate surface area is 85.6 Å². The highest BCUT2D eigenvalue weighted by atomic mass is 32.2. The number of nitrogens with one attached hydrogen (secondary N) is 2. The molecule has 0 saturated heterocycles. The number of oxazole rings is 1. The topological polar surface area (TPSA) is 101 Å². The molecule has 2 N–H and O–H groups in total. The van der Waals surface area contributed by atoms with E-state index >= 15 is 0 Å². The number of hydrogen-bond donors (Lipinski definition) is 2. The van der Waals surface area contributed by atoms with E-state index in [0.717, 1.165) is 0 Å². The fourth-order valence-electron chi connectivity index (χ4n) is 0.964. The summed E-state index contributed by atoms with van der Waals surface area (Å²) in [4.78, 5) is 3.81. The van der Waals surface area contributed by atoms with E-state index in [9.17, 15) is 8.42 Å². The Bertz CT molecular complexity index is 543. The molecule has 0 bridgehead atoms. The van der Waals surface area contributed by atoms with Crippen LogP contribution in [0.15, 0.2) is 28.0 Å². The van der Waals surface area contributed by atoms with Gasteiger partial charge < -0.3 is 4.42 Å². The first-order chi connectivity index (χ1) is 7.08. The third-order valence-electron chi connectivity index (χ3n) is 1.61. The Morgan fingerprint density at radius 3 is 2.87 bits per heavy atom. The maximum absolute atomic E-state index is 11.6. The predicted molar refractivity (Wildman–Crippen MR) is 50.6 cm³/mol. The Balaban J connectivity index is 2.26. The molecule has 2 rings (SSSR count). The largest absolute Gasteiger partial charge is 0.431 e. The Morgan fingerprint density at radius 1 is 1.53 bits per heavy atom. The SMILES string of the molecule is Cc1coc(NS(=O)(=O)c2ccn[nH]2)n1. The van der Waals surface area contributed by atoms with E-state index in [1.165, 1.54) is 18.5 Å². The van der Waals surface area contributed by atoms with Gasteiger partial charge in [-0.25, -0.2) is 4.72 Å². The van der Waals surface area contributed by atoms with Crippen LogP contribution >= 0.6 is 0 Å². The summed E-state index contributed by atoms with van der Waals surface area (Å²) in [7, 11) is -3.68. The molecular formula is C7H8N4O3S. The normalized spacial score (nSPS) is 11.5. The summed E-state index contributed by atoms with van der Waals surface area (Å²) < 4.78 is 30.2. The number of H-pyrrole nitrogens is 1. The highest BCUT2D eigenvalue weighted by molar-refractivity contribution is 7.92. The second-order valence-electron chi connectivity index (χ2n) is 2.82. The number of aromatic nitrogens is 3. The molecule has 80 valence electrons. The Kier molecular flexibility index (Phi) is 2.19. The molecule has 0 amide bonds. The molecule has 0 fully saturated rings. The van der Waals surface area contributed by atoms with Crippen LogP contribution in [0.5, 0.6) is 0 Å². The van der Waals surface area contributed by atoms with Crippen LogP contribution in [0.1, 0.15) is 5.69 Å². The molecule has 2 heterocycles. The smallest absolute Gasteiger partial charge is 0.309 e. The predicted octanol–water partition coefficient (Wildman–Crippen LogP) is 0.507. The van der Waals surface area contributed by atoms with Crippen LogP contribution < -0.4 is 4.72 Å². The second-order valence-corrected chi connectivity index (χ2v) is 4.47. The zero-order valence-electron chi connectivity index (χ0n) is 7.76. The minimum atomic E-state index is -3.68. The number of aryl methyl sites for hydroxylation is 1. The zero-order chi connectivity index (χ0) is 10.9. The van der Waals surface area contributed by atoms with Crippen LogP contribution in [0.4, 0.5) is 6.01 Å². The summed E-state index contributed by atoms with van der Waals surface area (Å²) in [6, 6.07) is 1.26. The van der Waals surface area contributed by atoms with Crippen LogP contribution in [0.2, 0.25) is 0 Å². The molecular weight excluding hydrogens is 220 g/mol. The van der Waals surface area contributed by atoms with E-state index in [-0.39, 0.29) is 11.0 Å². The summed E-state index contributed by atoms with van der Waals surface area (Å²) >= 11 is 0. The average molecular weight is 228 g/mol. The van der Waals surface area contributed by atoms with Crippen molar-refractivity contribution in [2.45, 2.75) is 11.9 Å². The lowest BCUT2D eigenvalue weighted by atomic mass is 10.6. The van der Waals surface area contributed by atoms with Gasteiger partial charge in [0.15, 0.2) is 5.03 Å². The lowest BCUT2D eigenvalue weighted by Crippen LogP contribution is -2.13. The molecule has 0 spiro atoms. The highest BCUT2D eigenvalue weighted by Gasteiger charge is 2.17. The minimum absolute atomic E-state index is 0.0432. The number of hydrogen-bond acceptors (Lipinski definition) is 5. The molecule has 8 heteroatoms. The van der Waals surface area contributed by atoms with Crippen molar-refractivity contribution in [3.05, 3.63) is 24.2 Å². The van der Waals surface area contributed by atoms with Gasteiger partial charge in [0.1, 0.15) is 6.26 Å². The molecule has 0 aliphatic heterocycles. The third-order valence-corrected chi connectivity index (χ3v) is 2.86. The first-order valence-electron chi connectivity index (χ1n) is 4.02. The number of rotatable bonds is 3. The molecule has 0 aromatic carbocycles. The minimum Gasteiger partial charge on any atom is -0.431 e. The van der Waals surface area contributed by atoms with Crippen molar-refractivity contribution >= 4 is 16.0 Å². The summed E-state index contributed by atoms with van der Waals surface area (Å²) in [6.45, 7) is 1.69. The third kappa shape index (κ3) is 1.99. The highest BCUT2D eigenvalue weighted by Crippen LogP contribution is 2.12. The summed E-state index contributed by atoms with van der Waals surface area (Å²) in [5.41, 5.74) is 0.595. The van der Waals surface area contributed by atoms with Crippen LogP contribution in [-0.4, -0.2) is 23.6 Å². The van der Waals surface area contributed by atoms with E-state index in [1.807, 2.05) is 0 Å². The van der Waals surface area contributed by atoms with E-state index < -0.39 is 10.0 Å². The van der Waals surface area contributed by atoms with Gasteiger partial charge in [-0.05, 0) is 13.0 Å². The van der Waals surface area contributed by atoms with Crippen LogP contribution in [-0.2, 0) is 10.0 Å². The molecule has 0 atom stereocenters. The monoisotopic (exact) mass is 228 g/mol. The van der Waals surface area contributed by atoms with Gasteiger partial charge in [-0.15, -0.1) is 0 Å². The second kappa shape index (κ2) is 3.39. The van der Waals surface area contributed by atoms with Crippen molar-refractivity contribution in [1.82, 2.24) is 15.2 Å². The van der Waals surface area contributed by atoms with E-state index in [4.69, 9.17) is 4.42 Å². The number of anilines is 1. The van der Waals surface area contributed by atoms with Gasteiger partial charge in [-0.1, -0.05) is 0 Å². The van der Waals surface area contributed by atoms with Gasteiger partial charge in [0.25, 0.3) is 10.0 Å². The van der Waals surface area contributed by atoms with E-state index in [0.29, 0.717) is 5.69 Å². The van der Waals surface area contributed by atoms with Crippen molar-refractivity contribution in [1.29, 1.82) is 0 Å². The summed E-state index contributed by atoms with van der Waals surface area (Å²) in [5.74, 6) is 0. The molecule has 0 unspecified atom stereocenters. The molecule has 7 nitrogen and oxygen atoms in total. The maximum atomic E-state index is 11.6. The van der Waals surface area contributed by atoms with Crippen molar-refractivity contribution in [3.8, 4) is 0 Å². The van der Waals surface area contributed by atoms with Gasteiger partial charge in [-0.3, -0.25) is 5.10 Å². The number of sulfonamides is 1. The van der Waals surface area contributed by atoms with Crippen molar-refractivity contribution in [3.63, 3.8) is 0 Å². The zero-order valence-corrected chi connectivity index (χ0v) is 8.58. The average Bonchev–Trinajstić information content (AvgIpc) is 2.75. The molecule has 0 aliphatic rings. The van der Waals surface area contributed by atoms with Gasteiger partial charge >= 0.3 is 6.01 Å². The van der Waals surface area contributed by atoms with Gasteiger partial charge in [-0.2, -0.15) is 18.5 Å². The van der Waals surface area contributed by atoms with Gasteiger partial charge in [0.05, 0.1) is 11.9 Å². The summed E-state index contributed by atoms with van der Waals surface area (Å²) in [6.07, 6.45) is 2.69. The molecule has 0 saturated carbocycles. The van der Waals surface area contributed by atoms with Gasteiger partial charge in [0.2, 0.25) is 0 Å². The molecule has 0 aliphatic carbocycles. The quantitative estimate of drug-likeness (QED) is 0.796.